The third kappa shape index (κ3) is 3.28. The Kier molecular flexibility index (Phi) is 4.15. The minimum atomic E-state index is -0.301. The average molecular weight is 270 g/mol. The Hall–Kier alpha value is -0.900. The number of hydrogen-bond acceptors (Lipinski definition) is 2. The maximum Gasteiger partial charge on any atom is 0.124 e. The molecule has 2 rings (SSSR count). The van der Waals surface area contributed by atoms with E-state index in [9.17, 15) is 4.39 Å². The fourth-order valence-corrected chi connectivity index (χ4v) is 2.56. The molecule has 4 heteroatoms. The van der Waals surface area contributed by atoms with Crippen LogP contribution in [0, 0.1) is 5.82 Å². The highest BCUT2D eigenvalue weighted by Crippen LogP contribution is 2.20. The fraction of sp³-hybridized carbons (Fsp3) is 0.231. The monoisotopic (exact) mass is 269 g/mol. The summed E-state index contributed by atoms with van der Waals surface area (Å²) in [6, 6.07) is 6.84. The number of thiophene rings is 1. The average Bonchev–Trinajstić information content (AvgIpc) is 2.81. The zero-order valence-electron chi connectivity index (χ0n) is 9.41. The SMILES string of the molecule is CC(NCc1ccc(F)cc1Cl)c1ccsc1. The molecular weight excluding hydrogens is 257 g/mol. The lowest BCUT2D eigenvalue weighted by Crippen LogP contribution is -2.17. The summed E-state index contributed by atoms with van der Waals surface area (Å²) in [5.41, 5.74) is 2.17. The van der Waals surface area contributed by atoms with E-state index in [2.05, 4.69) is 29.1 Å². The van der Waals surface area contributed by atoms with Crippen LogP contribution in [0.5, 0.6) is 0 Å². The van der Waals surface area contributed by atoms with E-state index in [1.165, 1.54) is 17.7 Å². The van der Waals surface area contributed by atoms with Gasteiger partial charge in [-0.15, -0.1) is 0 Å². The van der Waals surface area contributed by atoms with E-state index in [0.29, 0.717) is 11.6 Å². The molecule has 0 bridgehead atoms. The van der Waals surface area contributed by atoms with E-state index < -0.39 is 0 Å². The highest BCUT2D eigenvalue weighted by atomic mass is 35.5. The number of rotatable bonds is 4. The molecule has 1 unspecified atom stereocenters. The third-order valence-corrected chi connectivity index (χ3v) is 3.71. The van der Waals surface area contributed by atoms with Crippen molar-refractivity contribution in [2.75, 3.05) is 0 Å². The topological polar surface area (TPSA) is 12.0 Å². The summed E-state index contributed by atoms with van der Waals surface area (Å²) in [7, 11) is 0. The van der Waals surface area contributed by atoms with E-state index in [0.717, 1.165) is 5.56 Å². The number of hydrogen-bond donors (Lipinski definition) is 1. The standard InChI is InChI=1S/C13H13ClFNS/c1-9(11-4-5-17-8-11)16-7-10-2-3-12(15)6-13(10)14/h2-6,8-9,16H,7H2,1H3. The summed E-state index contributed by atoms with van der Waals surface area (Å²) in [4.78, 5) is 0. The molecule has 1 aromatic carbocycles. The molecule has 0 aliphatic carbocycles. The van der Waals surface area contributed by atoms with E-state index in [-0.39, 0.29) is 11.9 Å². The van der Waals surface area contributed by atoms with Crippen molar-refractivity contribution in [1.82, 2.24) is 5.32 Å². The molecule has 0 aliphatic rings. The van der Waals surface area contributed by atoms with Crippen LogP contribution in [0.3, 0.4) is 0 Å². The Morgan fingerprint density at radius 2 is 2.24 bits per heavy atom. The van der Waals surface area contributed by atoms with Gasteiger partial charge in [0.1, 0.15) is 5.82 Å². The van der Waals surface area contributed by atoms with Gasteiger partial charge in [-0.25, -0.2) is 4.39 Å². The van der Waals surface area contributed by atoms with E-state index in [1.807, 2.05) is 0 Å². The van der Waals surface area contributed by atoms with Crippen LogP contribution in [-0.2, 0) is 6.54 Å². The van der Waals surface area contributed by atoms with Crippen LogP contribution in [0.25, 0.3) is 0 Å². The van der Waals surface area contributed by atoms with Crippen LogP contribution < -0.4 is 5.32 Å². The molecule has 1 aromatic heterocycles. The lowest BCUT2D eigenvalue weighted by molar-refractivity contribution is 0.574. The maximum absolute atomic E-state index is 12.9. The molecule has 0 aliphatic heterocycles. The summed E-state index contributed by atoms with van der Waals surface area (Å²) in [5, 5.41) is 8.00. The van der Waals surface area contributed by atoms with Crippen molar-refractivity contribution >= 4 is 22.9 Å². The van der Waals surface area contributed by atoms with Crippen LogP contribution in [0.2, 0.25) is 5.02 Å². The molecule has 1 N–H and O–H groups in total. The molecule has 0 saturated carbocycles. The first-order chi connectivity index (χ1) is 8.16. The Morgan fingerprint density at radius 3 is 2.88 bits per heavy atom. The van der Waals surface area contributed by atoms with Crippen molar-refractivity contribution in [3.8, 4) is 0 Å². The molecule has 0 spiro atoms. The summed E-state index contributed by atoms with van der Waals surface area (Å²) in [6.45, 7) is 2.73. The molecule has 1 atom stereocenters. The van der Waals surface area contributed by atoms with Crippen LogP contribution in [0.1, 0.15) is 24.1 Å². The van der Waals surface area contributed by atoms with Gasteiger partial charge in [0.15, 0.2) is 0 Å². The van der Waals surface area contributed by atoms with E-state index in [1.54, 1.807) is 17.4 Å². The molecular formula is C13H13ClFNS. The van der Waals surface area contributed by atoms with Crippen molar-refractivity contribution in [1.29, 1.82) is 0 Å². The summed E-state index contributed by atoms with van der Waals surface area (Å²) >= 11 is 7.64. The van der Waals surface area contributed by atoms with Gasteiger partial charge in [-0.1, -0.05) is 17.7 Å². The van der Waals surface area contributed by atoms with E-state index >= 15 is 0 Å². The van der Waals surface area contributed by atoms with Gasteiger partial charge >= 0.3 is 0 Å². The molecule has 1 heterocycles. The second-order valence-electron chi connectivity index (χ2n) is 3.90. The number of halogens is 2. The Balaban J connectivity index is 1.98. The molecule has 0 amide bonds. The fourth-order valence-electron chi connectivity index (χ4n) is 1.57. The van der Waals surface area contributed by atoms with Crippen molar-refractivity contribution in [2.45, 2.75) is 19.5 Å². The lowest BCUT2D eigenvalue weighted by atomic mass is 10.1. The van der Waals surface area contributed by atoms with Crippen LogP contribution in [0.15, 0.2) is 35.0 Å². The highest BCUT2D eigenvalue weighted by Gasteiger charge is 2.07. The normalized spacial score (nSPS) is 12.6. The second-order valence-corrected chi connectivity index (χ2v) is 5.08. The van der Waals surface area contributed by atoms with Gasteiger partial charge in [0, 0.05) is 17.6 Å². The lowest BCUT2D eigenvalue weighted by Gasteiger charge is -2.13. The van der Waals surface area contributed by atoms with Gasteiger partial charge in [0.25, 0.3) is 0 Å². The van der Waals surface area contributed by atoms with Crippen LogP contribution >= 0.6 is 22.9 Å². The Labute approximate surface area is 109 Å². The van der Waals surface area contributed by atoms with Crippen molar-refractivity contribution in [2.24, 2.45) is 0 Å². The largest absolute Gasteiger partial charge is 0.306 e. The van der Waals surface area contributed by atoms with Crippen molar-refractivity contribution in [3.63, 3.8) is 0 Å². The van der Waals surface area contributed by atoms with Gasteiger partial charge in [0.2, 0.25) is 0 Å². The highest BCUT2D eigenvalue weighted by molar-refractivity contribution is 7.07. The zero-order valence-corrected chi connectivity index (χ0v) is 11.0. The second kappa shape index (κ2) is 5.63. The first-order valence-electron chi connectivity index (χ1n) is 5.36. The summed E-state index contributed by atoms with van der Waals surface area (Å²) in [5.74, 6) is -0.301. The maximum atomic E-state index is 12.9. The van der Waals surface area contributed by atoms with Gasteiger partial charge < -0.3 is 5.32 Å². The summed E-state index contributed by atoms with van der Waals surface area (Å²) in [6.07, 6.45) is 0. The molecule has 0 fully saturated rings. The van der Waals surface area contributed by atoms with E-state index in [4.69, 9.17) is 11.6 Å². The molecule has 0 saturated heterocycles. The Bertz CT molecular complexity index is 484. The van der Waals surface area contributed by atoms with Gasteiger partial charge in [-0.05, 0) is 47.0 Å². The zero-order chi connectivity index (χ0) is 12.3. The molecule has 90 valence electrons. The van der Waals surface area contributed by atoms with Gasteiger partial charge in [-0.3, -0.25) is 0 Å². The molecule has 0 radical (unpaired) electrons. The van der Waals surface area contributed by atoms with Crippen LogP contribution in [0.4, 0.5) is 4.39 Å². The minimum Gasteiger partial charge on any atom is -0.306 e. The first kappa shape index (κ1) is 12.6. The quantitative estimate of drug-likeness (QED) is 0.868. The summed E-state index contributed by atoms with van der Waals surface area (Å²) < 4.78 is 12.9. The number of benzene rings is 1. The smallest absolute Gasteiger partial charge is 0.124 e. The molecule has 17 heavy (non-hydrogen) atoms. The minimum absolute atomic E-state index is 0.266. The molecule has 2 aromatic rings. The van der Waals surface area contributed by atoms with Gasteiger partial charge in [-0.2, -0.15) is 11.3 Å². The molecule has 1 nitrogen and oxygen atoms in total. The predicted molar refractivity (Wildman–Crippen MR) is 71.0 cm³/mol. The predicted octanol–water partition coefficient (Wildman–Crippen LogP) is 4.39. The number of nitrogens with one attached hydrogen (secondary N) is 1. The first-order valence-corrected chi connectivity index (χ1v) is 6.68. The third-order valence-electron chi connectivity index (χ3n) is 2.66. The van der Waals surface area contributed by atoms with Gasteiger partial charge in [0.05, 0.1) is 0 Å². The van der Waals surface area contributed by atoms with Crippen molar-refractivity contribution in [3.05, 3.63) is 57.0 Å². The van der Waals surface area contributed by atoms with Crippen LogP contribution in [-0.4, -0.2) is 0 Å². The van der Waals surface area contributed by atoms with Crippen molar-refractivity contribution < 1.29 is 4.39 Å². The Morgan fingerprint density at radius 1 is 1.41 bits per heavy atom.